The zero-order valence-corrected chi connectivity index (χ0v) is 13.5. The van der Waals surface area contributed by atoms with E-state index in [1.54, 1.807) is 6.07 Å². The fraction of sp³-hybridized carbons (Fsp3) is 0.400. The maximum Gasteiger partial charge on any atom is 0.0677 e. The highest BCUT2D eigenvalue weighted by atomic mass is 35.5. The molecule has 1 aromatic carbocycles. The van der Waals surface area contributed by atoms with Gasteiger partial charge in [-0.1, -0.05) is 36.2 Å². The Kier molecular flexibility index (Phi) is 4.74. The van der Waals surface area contributed by atoms with E-state index in [0.29, 0.717) is 16.6 Å². The Balaban J connectivity index is 2.35. The molecule has 20 heavy (non-hydrogen) atoms. The highest BCUT2D eigenvalue weighted by Crippen LogP contribution is 2.25. The van der Waals surface area contributed by atoms with Crippen molar-refractivity contribution in [2.24, 2.45) is 5.73 Å². The van der Waals surface area contributed by atoms with Crippen LogP contribution in [0.5, 0.6) is 0 Å². The van der Waals surface area contributed by atoms with Gasteiger partial charge in [0.1, 0.15) is 0 Å². The molecule has 0 bridgehead atoms. The van der Waals surface area contributed by atoms with Gasteiger partial charge < -0.3 is 5.73 Å². The highest BCUT2D eigenvalue weighted by Gasteiger charge is 2.17. The molecule has 0 spiro atoms. The summed E-state index contributed by atoms with van der Waals surface area (Å²) in [6.45, 7) is 6.75. The topological polar surface area (TPSA) is 43.8 Å². The number of halogens is 2. The van der Waals surface area contributed by atoms with Crippen molar-refractivity contribution in [2.75, 3.05) is 0 Å². The lowest BCUT2D eigenvalue weighted by atomic mass is 10.0. The quantitative estimate of drug-likeness (QED) is 0.916. The van der Waals surface area contributed by atoms with Crippen molar-refractivity contribution >= 4 is 23.2 Å². The Bertz CT molecular complexity index is 620. The number of aromatic nitrogens is 2. The zero-order valence-electron chi connectivity index (χ0n) is 12.0. The average Bonchev–Trinajstić information content (AvgIpc) is 2.67. The summed E-state index contributed by atoms with van der Waals surface area (Å²) in [6.07, 6.45) is 0.898. The van der Waals surface area contributed by atoms with Gasteiger partial charge in [0, 0.05) is 27.3 Å². The van der Waals surface area contributed by atoms with Gasteiger partial charge in [-0.25, -0.2) is 0 Å². The summed E-state index contributed by atoms with van der Waals surface area (Å²) in [5.41, 5.74) is 10.4. The molecule has 1 unspecified atom stereocenters. The summed E-state index contributed by atoms with van der Waals surface area (Å²) < 4.78 is 1.95. The largest absolute Gasteiger partial charge is 0.324 e. The molecule has 3 nitrogen and oxygen atoms in total. The third-order valence-electron chi connectivity index (χ3n) is 3.58. The number of benzene rings is 1. The summed E-state index contributed by atoms with van der Waals surface area (Å²) in [5, 5.41) is 5.88. The van der Waals surface area contributed by atoms with Gasteiger partial charge in [-0.15, -0.1) is 0 Å². The van der Waals surface area contributed by atoms with Crippen molar-refractivity contribution in [1.29, 1.82) is 0 Å². The number of hydrogen-bond donors (Lipinski definition) is 1. The molecule has 5 heteroatoms. The average molecular weight is 312 g/mol. The van der Waals surface area contributed by atoms with Crippen LogP contribution < -0.4 is 5.73 Å². The number of nitrogens with zero attached hydrogens (tertiary/aromatic N) is 2. The first-order chi connectivity index (χ1) is 9.43. The van der Waals surface area contributed by atoms with E-state index in [4.69, 9.17) is 28.9 Å². The van der Waals surface area contributed by atoms with Crippen molar-refractivity contribution in [2.45, 2.75) is 39.8 Å². The third kappa shape index (κ3) is 3.00. The standard InChI is InChI=1S/C15H19Cl2N3/c1-4-14(18)15-9(2)19-20(10(15)3)8-11-5-6-12(16)7-13(11)17/h5-7,14H,4,8,18H2,1-3H3. The predicted octanol–water partition coefficient (Wildman–Crippen LogP) is 4.26. The lowest BCUT2D eigenvalue weighted by Crippen LogP contribution is -2.11. The molecule has 2 N–H and O–H groups in total. The van der Waals surface area contributed by atoms with Crippen molar-refractivity contribution in [3.05, 3.63) is 50.8 Å². The van der Waals surface area contributed by atoms with Crippen LogP contribution in [0.25, 0.3) is 0 Å². The second-order valence-electron chi connectivity index (χ2n) is 4.99. The molecule has 0 saturated carbocycles. The molecule has 0 radical (unpaired) electrons. The van der Waals surface area contributed by atoms with Crippen molar-refractivity contribution < 1.29 is 0 Å². The molecule has 0 saturated heterocycles. The van der Waals surface area contributed by atoms with Crippen LogP contribution in [0.4, 0.5) is 0 Å². The number of rotatable bonds is 4. The molecular formula is C15H19Cl2N3. The maximum atomic E-state index is 6.22. The molecule has 0 aliphatic carbocycles. The van der Waals surface area contributed by atoms with E-state index in [-0.39, 0.29) is 6.04 Å². The molecule has 1 atom stereocenters. The summed E-state index contributed by atoms with van der Waals surface area (Å²) in [4.78, 5) is 0. The van der Waals surface area contributed by atoms with Gasteiger partial charge >= 0.3 is 0 Å². The number of hydrogen-bond acceptors (Lipinski definition) is 2. The molecule has 1 heterocycles. The van der Waals surface area contributed by atoms with Gasteiger partial charge in [0.25, 0.3) is 0 Å². The first-order valence-corrected chi connectivity index (χ1v) is 7.43. The minimum Gasteiger partial charge on any atom is -0.324 e. The fourth-order valence-electron chi connectivity index (χ4n) is 2.42. The summed E-state index contributed by atoms with van der Waals surface area (Å²) in [7, 11) is 0. The van der Waals surface area contributed by atoms with E-state index in [2.05, 4.69) is 18.9 Å². The predicted molar refractivity (Wildman–Crippen MR) is 84.5 cm³/mol. The Hall–Kier alpha value is -1.03. The Morgan fingerprint density at radius 2 is 2.00 bits per heavy atom. The number of nitrogens with two attached hydrogens (primary N) is 1. The van der Waals surface area contributed by atoms with E-state index < -0.39 is 0 Å². The van der Waals surface area contributed by atoms with Crippen LogP contribution in [0.2, 0.25) is 10.0 Å². The van der Waals surface area contributed by atoms with Gasteiger partial charge in [0.05, 0.1) is 12.2 Å². The van der Waals surface area contributed by atoms with Crippen LogP contribution in [0.15, 0.2) is 18.2 Å². The Labute approximate surface area is 129 Å². The van der Waals surface area contributed by atoms with Crippen LogP contribution in [-0.4, -0.2) is 9.78 Å². The zero-order chi connectivity index (χ0) is 14.9. The maximum absolute atomic E-state index is 6.22. The second kappa shape index (κ2) is 6.17. The molecule has 2 aromatic rings. The van der Waals surface area contributed by atoms with Crippen molar-refractivity contribution in [1.82, 2.24) is 9.78 Å². The van der Waals surface area contributed by atoms with E-state index in [0.717, 1.165) is 28.9 Å². The van der Waals surface area contributed by atoms with Crippen LogP contribution in [0.3, 0.4) is 0 Å². The Morgan fingerprint density at radius 3 is 2.60 bits per heavy atom. The van der Waals surface area contributed by atoms with Gasteiger partial charge in [0.2, 0.25) is 0 Å². The van der Waals surface area contributed by atoms with Crippen LogP contribution in [-0.2, 0) is 6.54 Å². The van der Waals surface area contributed by atoms with Crippen molar-refractivity contribution in [3.63, 3.8) is 0 Å². The first-order valence-electron chi connectivity index (χ1n) is 6.67. The van der Waals surface area contributed by atoms with Crippen LogP contribution in [0.1, 0.15) is 41.9 Å². The number of aryl methyl sites for hydroxylation is 1. The summed E-state index contributed by atoms with van der Waals surface area (Å²) in [5.74, 6) is 0. The monoisotopic (exact) mass is 311 g/mol. The molecule has 0 aliphatic rings. The smallest absolute Gasteiger partial charge is 0.0677 e. The van der Waals surface area contributed by atoms with Gasteiger partial charge in [0.15, 0.2) is 0 Å². The molecule has 0 fully saturated rings. The van der Waals surface area contributed by atoms with Crippen LogP contribution >= 0.6 is 23.2 Å². The lowest BCUT2D eigenvalue weighted by Gasteiger charge is -2.11. The van der Waals surface area contributed by atoms with Crippen molar-refractivity contribution in [3.8, 4) is 0 Å². The first kappa shape index (κ1) is 15.4. The van der Waals surface area contributed by atoms with Crippen LogP contribution in [0, 0.1) is 13.8 Å². The van der Waals surface area contributed by atoms with Gasteiger partial charge in [-0.3, -0.25) is 4.68 Å². The Morgan fingerprint density at radius 1 is 1.30 bits per heavy atom. The van der Waals surface area contributed by atoms with E-state index in [1.807, 2.05) is 23.7 Å². The second-order valence-corrected chi connectivity index (χ2v) is 5.84. The minimum absolute atomic E-state index is 0.0319. The molecule has 108 valence electrons. The van der Waals surface area contributed by atoms with Gasteiger partial charge in [-0.05, 0) is 38.0 Å². The molecular weight excluding hydrogens is 293 g/mol. The fourth-order valence-corrected chi connectivity index (χ4v) is 2.88. The van der Waals surface area contributed by atoms with E-state index >= 15 is 0 Å². The summed E-state index contributed by atoms with van der Waals surface area (Å²) in [6, 6.07) is 5.56. The van der Waals surface area contributed by atoms with Gasteiger partial charge in [-0.2, -0.15) is 5.10 Å². The normalized spacial score (nSPS) is 12.7. The molecule has 0 amide bonds. The summed E-state index contributed by atoms with van der Waals surface area (Å²) >= 11 is 12.1. The SMILES string of the molecule is CCC(N)c1c(C)nn(Cc2ccc(Cl)cc2Cl)c1C. The molecule has 1 aromatic heterocycles. The lowest BCUT2D eigenvalue weighted by molar-refractivity contribution is 0.650. The molecule has 0 aliphatic heterocycles. The minimum atomic E-state index is 0.0319. The van der Waals surface area contributed by atoms with E-state index in [1.165, 1.54) is 0 Å². The van der Waals surface area contributed by atoms with E-state index in [9.17, 15) is 0 Å². The molecule has 2 rings (SSSR count). The third-order valence-corrected chi connectivity index (χ3v) is 4.17. The highest BCUT2D eigenvalue weighted by molar-refractivity contribution is 6.35.